The zero-order valence-electron chi connectivity index (χ0n) is 20.5. The molecule has 1 aliphatic heterocycles. The van der Waals surface area contributed by atoms with Crippen LogP contribution in [-0.2, 0) is 24.8 Å². The molecule has 0 fully saturated rings. The van der Waals surface area contributed by atoms with Gasteiger partial charge >= 0.3 is 0 Å². The predicted octanol–water partition coefficient (Wildman–Crippen LogP) is 1.45. The molecule has 0 aromatic heterocycles. The monoisotopic (exact) mass is 541 g/mol. The van der Waals surface area contributed by atoms with Crippen LogP contribution in [0.5, 0.6) is 17.2 Å². The van der Waals surface area contributed by atoms with Crippen LogP contribution >= 0.6 is 0 Å². The molecule has 36 heavy (non-hydrogen) atoms. The lowest BCUT2D eigenvalue weighted by molar-refractivity contribution is -0.121. The summed E-state index contributed by atoms with van der Waals surface area (Å²) in [6.45, 7) is 1.40. The second kappa shape index (κ2) is 11.8. The summed E-state index contributed by atoms with van der Waals surface area (Å²) in [4.78, 5) is 12.3. The fourth-order valence-electron chi connectivity index (χ4n) is 3.42. The van der Waals surface area contributed by atoms with Crippen molar-refractivity contribution in [3.05, 3.63) is 42.5 Å². The lowest BCUT2D eigenvalue weighted by atomic mass is 10.2. The summed E-state index contributed by atoms with van der Waals surface area (Å²) in [7, 11) is -4.16. The highest BCUT2D eigenvalue weighted by Crippen LogP contribution is 2.34. The van der Waals surface area contributed by atoms with E-state index in [1.54, 1.807) is 30.3 Å². The van der Waals surface area contributed by atoms with E-state index in [1.165, 1.54) is 30.5 Å². The van der Waals surface area contributed by atoms with Crippen molar-refractivity contribution in [2.24, 2.45) is 0 Å². The minimum Gasteiger partial charge on any atom is -0.492 e. The number of sulfonamides is 2. The molecule has 0 radical (unpaired) electrons. The molecule has 1 heterocycles. The molecular weight excluding hydrogens is 510 g/mol. The number of anilines is 1. The molecule has 2 aromatic carbocycles. The molecule has 1 aliphatic rings. The Kier molecular flexibility index (Phi) is 9.03. The largest absolute Gasteiger partial charge is 0.492 e. The molecule has 0 aliphatic carbocycles. The number of benzene rings is 2. The van der Waals surface area contributed by atoms with E-state index < -0.39 is 20.0 Å². The average Bonchev–Trinajstić information content (AvgIpc) is 2.83. The number of nitrogens with one attached hydrogen (secondary N) is 1. The van der Waals surface area contributed by atoms with E-state index in [0.717, 1.165) is 10.6 Å². The van der Waals surface area contributed by atoms with Gasteiger partial charge in [0.25, 0.3) is 0 Å². The maximum Gasteiger partial charge on any atom is 0.242 e. The first-order valence-electron chi connectivity index (χ1n) is 11.3. The summed E-state index contributed by atoms with van der Waals surface area (Å²) in [5.41, 5.74) is 0.444. The van der Waals surface area contributed by atoms with Gasteiger partial charge in [-0.25, -0.2) is 21.1 Å². The van der Waals surface area contributed by atoms with Crippen molar-refractivity contribution in [3.8, 4) is 17.2 Å². The molecule has 11 nitrogen and oxygen atoms in total. The standard InChI is InChI=1S/C23H31N3O8S2/c1-25(2)36(30,31)20-9-7-19(8-10-20)32-14-12-24-23(27)5-4-13-26(35(3,28)29)18-6-11-21-22(17-18)34-16-15-33-21/h6-11,17H,4-5,12-16H2,1-3H3,(H,24,27). The third kappa shape index (κ3) is 7.24. The number of fused-ring (bicyclic) bond motifs is 1. The van der Waals surface area contributed by atoms with Gasteiger partial charge in [-0.05, 0) is 42.8 Å². The quantitative estimate of drug-likeness (QED) is 0.400. The van der Waals surface area contributed by atoms with Crippen LogP contribution in [-0.4, -0.2) is 80.3 Å². The average molecular weight is 542 g/mol. The minimum absolute atomic E-state index is 0.130. The van der Waals surface area contributed by atoms with Crippen LogP contribution in [0.3, 0.4) is 0 Å². The Bertz CT molecular complexity index is 1260. The van der Waals surface area contributed by atoms with E-state index in [2.05, 4.69) is 5.32 Å². The number of amides is 1. The molecule has 0 atom stereocenters. The molecule has 3 rings (SSSR count). The van der Waals surface area contributed by atoms with Gasteiger partial charge < -0.3 is 19.5 Å². The summed E-state index contributed by atoms with van der Waals surface area (Å²) in [5, 5.41) is 2.73. The second-order valence-electron chi connectivity index (χ2n) is 8.22. The Morgan fingerprint density at radius 2 is 1.67 bits per heavy atom. The first-order valence-corrected chi connectivity index (χ1v) is 14.6. The third-order valence-corrected chi connectivity index (χ3v) is 8.30. The van der Waals surface area contributed by atoms with Gasteiger partial charge in [0.05, 0.1) is 23.4 Å². The van der Waals surface area contributed by atoms with Crippen LogP contribution in [0.15, 0.2) is 47.4 Å². The Labute approximate surface area is 212 Å². The highest BCUT2D eigenvalue weighted by atomic mass is 32.2. The minimum atomic E-state index is -3.57. The Balaban J connectivity index is 1.43. The number of carbonyl (C=O) groups is 1. The number of hydrogen-bond acceptors (Lipinski definition) is 8. The van der Waals surface area contributed by atoms with Gasteiger partial charge in [-0.3, -0.25) is 9.10 Å². The Morgan fingerprint density at radius 1 is 1.00 bits per heavy atom. The van der Waals surface area contributed by atoms with Gasteiger partial charge in [0.15, 0.2) is 11.5 Å². The summed E-state index contributed by atoms with van der Waals surface area (Å²) in [6, 6.07) is 11.0. The van der Waals surface area contributed by atoms with Gasteiger partial charge in [0, 0.05) is 33.1 Å². The van der Waals surface area contributed by atoms with E-state index in [1.807, 2.05) is 0 Å². The Hall–Kier alpha value is -3.03. The van der Waals surface area contributed by atoms with Crippen molar-refractivity contribution in [1.29, 1.82) is 0 Å². The molecule has 198 valence electrons. The van der Waals surface area contributed by atoms with Crippen molar-refractivity contribution in [2.75, 3.05) is 57.6 Å². The SMILES string of the molecule is CN(C)S(=O)(=O)c1ccc(OCCNC(=O)CCCN(c2ccc3c(c2)OCCO3)S(C)(=O)=O)cc1. The summed E-state index contributed by atoms with van der Waals surface area (Å²) >= 11 is 0. The predicted molar refractivity (Wildman–Crippen MR) is 135 cm³/mol. The van der Waals surface area contributed by atoms with E-state index in [9.17, 15) is 21.6 Å². The normalized spacial score (nSPS) is 13.3. The fraction of sp³-hybridized carbons (Fsp3) is 0.435. The summed E-state index contributed by atoms with van der Waals surface area (Å²) < 4.78 is 67.8. The summed E-state index contributed by atoms with van der Waals surface area (Å²) in [6.07, 6.45) is 1.56. The number of nitrogens with zero attached hydrogens (tertiary/aromatic N) is 2. The van der Waals surface area contributed by atoms with Crippen LogP contribution in [0.1, 0.15) is 12.8 Å². The van der Waals surface area contributed by atoms with Gasteiger partial charge in [0.2, 0.25) is 26.0 Å². The number of rotatable bonds is 12. The molecule has 0 saturated carbocycles. The van der Waals surface area contributed by atoms with Gasteiger partial charge in [-0.1, -0.05) is 0 Å². The first-order chi connectivity index (χ1) is 17.0. The van der Waals surface area contributed by atoms with E-state index in [0.29, 0.717) is 42.6 Å². The van der Waals surface area contributed by atoms with Crippen LogP contribution in [0.4, 0.5) is 5.69 Å². The Morgan fingerprint density at radius 3 is 2.31 bits per heavy atom. The van der Waals surface area contributed by atoms with E-state index in [-0.39, 0.29) is 36.9 Å². The lowest BCUT2D eigenvalue weighted by Gasteiger charge is -2.25. The van der Waals surface area contributed by atoms with Crippen LogP contribution in [0.25, 0.3) is 0 Å². The molecule has 0 spiro atoms. The molecule has 2 aromatic rings. The van der Waals surface area contributed by atoms with Gasteiger partial charge in [0.1, 0.15) is 25.6 Å². The molecule has 0 bridgehead atoms. The fourth-order valence-corrected chi connectivity index (χ4v) is 5.28. The number of ether oxygens (including phenoxy) is 3. The molecule has 0 unspecified atom stereocenters. The van der Waals surface area contributed by atoms with Crippen molar-refractivity contribution in [1.82, 2.24) is 9.62 Å². The highest BCUT2D eigenvalue weighted by molar-refractivity contribution is 7.92. The molecule has 1 amide bonds. The highest BCUT2D eigenvalue weighted by Gasteiger charge is 2.21. The third-order valence-electron chi connectivity index (χ3n) is 5.27. The van der Waals surface area contributed by atoms with E-state index >= 15 is 0 Å². The molecule has 0 saturated heterocycles. The van der Waals surface area contributed by atoms with Crippen LogP contribution < -0.4 is 23.8 Å². The molecule has 13 heteroatoms. The zero-order valence-corrected chi connectivity index (χ0v) is 22.1. The van der Waals surface area contributed by atoms with Crippen molar-refractivity contribution in [2.45, 2.75) is 17.7 Å². The van der Waals surface area contributed by atoms with Crippen LogP contribution in [0.2, 0.25) is 0 Å². The zero-order chi connectivity index (χ0) is 26.3. The summed E-state index contributed by atoms with van der Waals surface area (Å²) in [5.74, 6) is 1.29. The van der Waals surface area contributed by atoms with E-state index in [4.69, 9.17) is 14.2 Å². The topological polar surface area (TPSA) is 132 Å². The van der Waals surface area contributed by atoms with Crippen LogP contribution in [0, 0.1) is 0 Å². The van der Waals surface area contributed by atoms with Crippen molar-refractivity contribution >= 4 is 31.6 Å². The van der Waals surface area contributed by atoms with Crippen molar-refractivity contribution in [3.63, 3.8) is 0 Å². The molecular formula is C23H31N3O8S2. The second-order valence-corrected chi connectivity index (χ2v) is 12.3. The smallest absolute Gasteiger partial charge is 0.242 e. The number of hydrogen-bond donors (Lipinski definition) is 1. The maximum atomic E-state index is 12.3. The van der Waals surface area contributed by atoms with Gasteiger partial charge in [-0.15, -0.1) is 0 Å². The first kappa shape index (κ1) is 27.6. The van der Waals surface area contributed by atoms with Gasteiger partial charge in [-0.2, -0.15) is 0 Å². The van der Waals surface area contributed by atoms with Crippen molar-refractivity contribution < 1.29 is 35.8 Å². The maximum absolute atomic E-state index is 12.3. The molecule has 1 N–H and O–H groups in total. The lowest BCUT2D eigenvalue weighted by Crippen LogP contribution is -2.33. The number of carbonyl (C=O) groups excluding carboxylic acids is 1.